The molecular weight excluding hydrogens is 264 g/mol. The number of methoxy groups -OCH3 is 1. The minimum Gasteiger partial charge on any atom is -0.494 e. The Morgan fingerprint density at radius 3 is 2.48 bits per heavy atom. The summed E-state index contributed by atoms with van der Waals surface area (Å²) in [6, 6.07) is 18.3. The second-order valence-electron chi connectivity index (χ2n) is 4.78. The molecule has 3 heteroatoms. The van der Waals surface area contributed by atoms with Crippen LogP contribution in [0.3, 0.4) is 0 Å². The molecule has 0 N–H and O–H groups in total. The van der Waals surface area contributed by atoms with Gasteiger partial charge in [0.15, 0.2) is 0 Å². The van der Waals surface area contributed by atoms with Gasteiger partial charge in [-0.25, -0.2) is 0 Å². The zero-order valence-corrected chi connectivity index (χ0v) is 12.2. The van der Waals surface area contributed by atoms with Crippen LogP contribution in [0.5, 0.6) is 5.75 Å². The van der Waals surface area contributed by atoms with Gasteiger partial charge in [0.2, 0.25) is 0 Å². The van der Waals surface area contributed by atoms with Gasteiger partial charge in [-0.2, -0.15) is 0 Å². The van der Waals surface area contributed by atoms with Crippen molar-refractivity contribution in [2.75, 3.05) is 13.7 Å². The lowest BCUT2D eigenvalue weighted by molar-refractivity contribution is -0.140. The first-order valence-electron chi connectivity index (χ1n) is 7.14. The van der Waals surface area contributed by atoms with E-state index in [4.69, 9.17) is 4.74 Å². The number of ether oxygens (including phenoxy) is 2. The normalized spacial score (nSPS) is 10.1. The largest absolute Gasteiger partial charge is 0.494 e. The van der Waals surface area contributed by atoms with Crippen LogP contribution in [-0.2, 0) is 9.53 Å². The average Bonchev–Trinajstić information content (AvgIpc) is 2.55. The lowest BCUT2D eigenvalue weighted by Crippen LogP contribution is -2.02. The average molecular weight is 284 g/mol. The molecule has 21 heavy (non-hydrogen) atoms. The lowest BCUT2D eigenvalue weighted by atomic mass is 10.1. The highest BCUT2D eigenvalue weighted by Gasteiger charge is 2.01. The summed E-state index contributed by atoms with van der Waals surface area (Å²) < 4.78 is 10.3. The van der Waals surface area contributed by atoms with Gasteiger partial charge in [-0.3, -0.25) is 4.79 Å². The van der Waals surface area contributed by atoms with E-state index in [9.17, 15) is 4.79 Å². The van der Waals surface area contributed by atoms with Crippen LogP contribution in [0.4, 0.5) is 0 Å². The molecule has 2 aromatic rings. The molecule has 3 nitrogen and oxygen atoms in total. The Bertz CT molecular complexity index is 564. The second-order valence-corrected chi connectivity index (χ2v) is 4.78. The Morgan fingerprint density at radius 1 is 0.952 bits per heavy atom. The van der Waals surface area contributed by atoms with Crippen LogP contribution in [0.2, 0.25) is 0 Å². The molecule has 0 aliphatic carbocycles. The maximum Gasteiger partial charge on any atom is 0.305 e. The number of carbonyl (C=O) groups excluding carboxylic acids is 1. The topological polar surface area (TPSA) is 35.5 Å². The summed E-state index contributed by atoms with van der Waals surface area (Å²) in [6.07, 6.45) is 2.07. The van der Waals surface area contributed by atoms with E-state index in [-0.39, 0.29) is 5.97 Å². The van der Waals surface area contributed by atoms with E-state index in [0.29, 0.717) is 13.0 Å². The fourth-order valence-corrected chi connectivity index (χ4v) is 2.06. The molecule has 0 saturated heterocycles. The highest BCUT2D eigenvalue weighted by molar-refractivity contribution is 5.69. The van der Waals surface area contributed by atoms with Crippen molar-refractivity contribution in [2.24, 2.45) is 0 Å². The first kappa shape index (κ1) is 15.1. The van der Waals surface area contributed by atoms with E-state index in [0.717, 1.165) is 24.2 Å². The predicted molar refractivity (Wildman–Crippen MR) is 83.2 cm³/mol. The van der Waals surface area contributed by atoms with Crippen molar-refractivity contribution in [3.8, 4) is 16.9 Å². The van der Waals surface area contributed by atoms with Crippen molar-refractivity contribution in [1.29, 1.82) is 0 Å². The van der Waals surface area contributed by atoms with E-state index < -0.39 is 0 Å². The van der Waals surface area contributed by atoms with Crippen LogP contribution in [-0.4, -0.2) is 19.7 Å². The van der Waals surface area contributed by atoms with Crippen molar-refractivity contribution in [3.05, 3.63) is 54.6 Å². The van der Waals surface area contributed by atoms with Gasteiger partial charge in [0.05, 0.1) is 13.7 Å². The molecule has 0 atom stereocenters. The van der Waals surface area contributed by atoms with E-state index >= 15 is 0 Å². The lowest BCUT2D eigenvalue weighted by Gasteiger charge is -2.08. The number of hydrogen-bond donors (Lipinski definition) is 0. The van der Waals surface area contributed by atoms with Crippen LogP contribution in [0.25, 0.3) is 11.1 Å². The summed E-state index contributed by atoms with van der Waals surface area (Å²) in [5, 5.41) is 0. The SMILES string of the molecule is COC(=O)CCCCOc1cccc(-c2ccccc2)c1. The molecule has 0 bridgehead atoms. The quantitative estimate of drug-likeness (QED) is 0.568. The van der Waals surface area contributed by atoms with Crippen molar-refractivity contribution in [2.45, 2.75) is 19.3 Å². The summed E-state index contributed by atoms with van der Waals surface area (Å²) in [5.41, 5.74) is 2.32. The van der Waals surface area contributed by atoms with Gasteiger partial charge in [-0.15, -0.1) is 0 Å². The fourth-order valence-electron chi connectivity index (χ4n) is 2.06. The molecule has 0 heterocycles. The van der Waals surface area contributed by atoms with E-state index in [1.54, 1.807) is 0 Å². The first-order chi connectivity index (χ1) is 10.3. The van der Waals surface area contributed by atoms with E-state index in [1.807, 2.05) is 36.4 Å². The standard InChI is InChI=1S/C18H20O3/c1-20-18(19)12-5-6-13-21-17-11-7-10-16(14-17)15-8-3-2-4-9-15/h2-4,7-11,14H,5-6,12-13H2,1H3. The number of rotatable bonds is 7. The third-order valence-electron chi connectivity index (χ3n) is 3.21. The van der Waals surface area contributed by atoms with Gasteiger partial charge >= 0.3 is 5.97 Å². The molecule has 0 radical (unpaired) electrons. The first-order valence-corrected chi connectivity index (χ1v) is 7.14. The number of hydrogen-bond acceptors (Lipinski definition) is 3. The van der Waals surface area contributed by atoms with E-state index in [2.05, 4.69) is 22.9 Å². The Kier molecular flexibility index (Phi) is 5.83. The number of carbonyl (C=O) groups is 1. The Labute approximate surface area is 125 Å². The molecular formula is C18H20O3. The highest BCUT2D eigenvalue weighted by atomic mass is 16.5. The third kappa shape index (κ3) is 4.95. The zero-order chi connectivity index (χ0) is 14.9. The zero-order valence-electron chi connectivity index (χ0n) is 12.2. The fraction of sp³-hybridized carbons (Fsp3) is 0.278. The molecule has 0 fully saturated rings. The molecule has 2 rings (SSSR count). The minimum atomic E-state index is -0.166. The van der Waals surface area contributed by atoms with Gasteiger partial charge in [0.1, 0.15) is 5.75 Å². The third-order valence-corrected chi connectivity index (χ3v) is 3.21. The van der Waals surface area contributed by atoms with Crippen LogP contribution >= 0.6 is 0 Å². The van der Waals surface area contributed by atoms with Crippen molar-refractivity contribution >= 4 is 5.97 Å². The predicted octanol–water partition coefficient (Wildman–Crippen LogP) is 4.08. The monoisotopic (exact) mass is 284 g/mol. The summed E-state index contributed by atoms with van der Waals surface area (Å²) in [4.78, 5) is 11.0. The van der Waals surface area contributed by atoms with E-state index in [1.165, 1.54) is 12.7 Å². The highest BCUT2D eigenvalue weighted by Crippen LogP contribution is 2.23. The Hall–Kier alpha value is -2.29. The Balaban J connectivity index is 1.83. The smallest absolute Gasteiger partial charge is 0.305 e. The molecule has 2 aromatic carbocycles. The van der Waals surface area contributed by atoms with Gasteiger partial charge in [0, 0.05) is 6.42 Å². The number of unbranched alkanes of at least 4 members (excludes halogenated alkanes) is 1. The van der Waals surface area contributed by atoms with Crippen LogP contribution in [0, 0.1) is 0 Å². The van der Waals surface area contributed by atoms with Crippen LogP contribution in [0.15, 0.2) is 54.6 Å². The molecule has 0 unspecified atom stereocenters. The van der Waals surface area contributed by atoms with Crippen molar-refractivity contribution in [1.82, 2.24) is 0 Å². The van der Waals surface area contributed by atoms with Gasteiger partial charge in [-0.05, 0) is 36.1 Å². The maximum atomic E-state index is 11.0. The van der Waals surface area contributed by atoms with Crippen molar-refractivity contribution < 1.29 is 14.3 Å². The summed E-state index contributed by atoms with van der Waals surface area (Å²) >= 11 is 0. The van der Waals surface area contributed by atoms with Gasteiger partial charge in [0.25, 0.3) is 0 Å². The molecule has 0 saturated carbocycles. The van der Waals surface area contributed by atoms with Crippen LogP contribution < -0.4 is 4.74 Å². The molecule has 0 aromatic heterocycles. The number of esters is 1. The molecule has 0 amide bonds. The van der Waals surface area contributed by atoms with Crippen LogP contribution in [0.1, 0.15) is 19.3 Å². The minimum absolute atomic E-state index is 0.166. The Morgan fingerprint density at radius 2 is 1.71 bits per heavy atom. The second kappa shape index (κ2) is 8.10. The van der Waals surface area contributed by atoms with Crippen molar-refractivity contribution in [3.63, 3.8) is 0 Å². The van der Waals surface area contributed by atoms with Gasteiger partial charge in [-0.1, -0.05) is 42.5 Å². The molecule has 0 spiro atoms. The number of benzene rings is 2. The molecule has 0 aliphatic rings. The summed E-state index contributed by atoms with van der Waals surface area (Å²) in [5.74, 6) is 0.690. The van der Waals surface area contributed by atoms with Gasteiger partial charge < -0.3 is 9.47 Å². The molecule has 110 valence electrons. The molecule has 0 aliphatic heterocycles. The summed E-state index contributed by atoms with van der Waals surface area (Å²) in [7, 11) is 1.41. The summed E-state index contributed by atoms with van der Waals surface area (Å²) in [6.45, 7) is 0.606. The maximum absolute atomic E-state index is 11.0.